The van der Waals surface area contributed by atoms with Gasteiger partial charge in [0.15, 0.2) is 12.4 Å². The molecule has 0 aliphatic rings. The van der Waals surface area contributed by atoms with E-state index in [1.165, 1.54) is 6.26 Å². The molecule has 0 bridgehead atoms. The van der Waals surface area contributed by atoms with E-state index < -0.39 is 0 Å². The first-order valence-electron chi connectivity index (χ1n) is 5.67. The Balaban J connectivity index is 1.68. The SMILES string of the molecule is Clc1ccc(OCc2nc(-c3ccco3)no2)cc1Cl. The molecule has 0 aliphatic heterocycles. The molecule has 3 aromatic rings. The van der Waals surface area contributed by atoms with Gasteiger partial charge < -0.3 is 13.7 Å². The monoisotopic (exact) mass is 310 g/mol. The molecule has 0 unspecified atom stereocenters. The van der Waals surface area contributed by atoms with E-state index in [2.05, 4.69) is 10.1 Å². The van der Waals surface area contributed by atoms with Crippen LogP contribution in [0.1, 0.15) is 5.89 Å². The summed E-state index contributed by atoms with van der Waals surface area (Å²) < 4.78 is 15.7. The summed E-state index contributed by atoms with van der Waals surface area (Å²) in [6.45, 7) is 0.131. The standard InChI is InChI=1S/C13H8Cl2N2O3/c14-9-4-3-8(6-10(9)15)19-7-12-16-13(17-20-12)11-2-1-5-18-11/h1-6H,7H2. The van der Waals surface area contributed by atoms with Crippen LogP contribution in [0.4, 0.5) is 0 Å². The molecular formula is C13H8Cl2N2O3. The first kappa shape index (κ1) is 13.0. The smallest absolute Gasteiger partial charge is 0.264 e. The van der Waals surface area contributed by atoms with E-state index >= 15 is 0 Å². The van der Waals surface area contributed by atoms with E-state index in [4.69, 9.17) is 36.9 Å². The van der Waals surface area contributed by atoms with Gasteiger partial charge in [0.2, 0.25) is 5.82 Å². The van der Waals surface area contributed by atoms with Gasteiger partial charge >= 0.3 is 0 Å². The number of furan rings is 1. The lowest BCUT2D eigenvalue weighted by atomic mass is 10.3. The van der Waals surface area contributed by atoms with Gasteiger partial charge in [0.25, 0.3) is 5.89 Å². The molecule has 3 rings (SSSR count). The van der Waals surface area contributed by atoms with Crippen LogP contribution >= 0.6 is 23.2 Å². The molecule has 0 saturated carbocycles. The second-order valence-electron chi connectivity index (χ2n) is 3.85. The Morgan fingerprint density at radius 2 is 2.05 bits per heavy atom. The van der Waals surface area contributed by atoms with Crippen LogP contribution in [0.3, 0.4) is 0 Å². The van der Waals surface area contributed by atoms with E-state index in [-0.39, 0.29) is 6.61 Å². The second-order valence-corrected chi connectivity index (χ2v) is 4.67. The zero-order valence-corrected chi connectivity index (χ0v) is 11.6. The molecule has 0 N–H and O–H groups in total. The number of halogens is 2. The van der Waals surface area contributed by atoms with Crippen molar-refractivity contribution in [3.05, 3.63) is 52.5 Å². The van der Waals surface area contributed by atoms with Crippen molar-refractivity contribution in [3.63, 3.8) is 0 Å². The fraction of sp³-hybridized carbons (Fsp3) is 0.0769. The molecular weight excluding hydrogens is 303 g/mol. The zero-order chi connectivity index (χ0) is 13.9. The van der Waals surface area contributed by atoms with E-state index in [0.29, 0.717) is 33.3 Å². The Kier molecular flexibility index (Phi) is 3.62. The minimum Gasteiger partial charge on any atom is -0.484 e. The van der Waals surface area contributed by atoms with Crippen LogP contribution < -0.4 is 4.74 Å². The summed E-state index contributed by atoms with van der Waals surface area (Å²) in [7, 11) is 0. The van der Waals surface area contributed by atoms with Gasteiger partial charge in [0.1, 0.15) is 5.75 Å². The van der Waals surface area contributed by atoms with Crippen LogP contribution in [0.25, 0.3) is 11.6 Å². The highest BCUT2D eigenvalue weighted by Gasteiger charge is 2.11. The number of rotatable bonds is 4. The summed E-state index contributed by atoms with van der Waals surface area (Å²) >= 11 is 11.7. The molecule has 2 heterocycles. The lowest BCUT2D eigenvalue weighted by Crippen LogP contribution is -1.95. The maximum atomic E-state index is 5.89. The predicted octanol–water partition coefficient (Wildman–Crippen LogP) is 4.22. The van der Waals surface area contributed by atoms with Gasteiger partial charge in [-0.25, -0.2) is 0 Å². The third-order valence-corrected chi connectivity index (χ3v) is 3.20. The number of aromatic nitrogens is 2. The third kappa shape index (κ3) is 2.79. The van der Waals surface area contributed by atoms with Gasteiger partial charge in [0, 0.05) is 6.07 Å². The molecule has 20 heavy (non-hydrogen) atoms. The lowest BCUT2D eigenvalue weighted by Gasteiger charge is -2.03. The Morgan fingerprint density at radius 3 is 2.80 bits per heavy atom. The van der Waals surface area contributed by atoms with Gasteiger partial charge in [-0.3, -0.25) is 0 Å². The van der Waals surface area contributed by atoms with Gasteiger partial charge in [-0.15, -0.1) is 0 Å². The number of nitrogens with zero attached hydrogens (tertiary/aromatic N) is 2. The van der Waals surface area contributed by atoms with Gasteiger partial charge in [-0.1, -0.05) is 28.4 Å². The summed E-state index contributed by atoms with van der Waals surface area (Å²) in [5, 5.41) is 4.69. The minimum atomic E-state index is 0.131. The highest BCUT2D eigenvalue weighted by Crippen LogP contribution is 2.26. The van der Waals surface area contributed by atoms with Gasteiger partial charge in [0.05, 0.1) is 16.3 Å². The van der Waals surface area contributed by atoms with Crippen LogP contribution in [0, 0.1) is 0 Å². The van der Waals surface area contributed by atoms with E-state index in [9.17, 15) is 0 Å². The van der Waals surface area contributed by atoms with Crippen LogP contribution in [-0.2, 0) is 6.61 Å². The van der Waals surface area contributed by atoms with E-state index in [0.717, 1.165) is 0 Å². The second kappa shape index (κ2) is 5.56. The summed E-state index contributed by atoms with van der Waals surface area (Å²) in [5.74, 6) is 1.82. The van der Waals surface area contributed by atoms with Gasteiger partial charge in [-0.05, 0) is 24.3 Å². The van der Waals surface area contributed by atoms with E-state index in [1.54, 1.807) is 30.3 Å². The molecule has 0 radical (unpaired) electrons. The first-order valence-corrected chi connectivity index (χ1v) is 6.42. The number of ether oxygens (including phenoxy) is 1. The fourth-order valence-electron chi connectivity index (χ4n) is 1.53. The number of hydrogen-bond acceptors (Lipinski definition) is 5. The van der Waals surface area contributed by atoms with Crippen molar-refractivity contribution in [1.82, 2.24) is 10.1 Å². The molecule has 0 aliphatic carbocycles. The van der Waals surface area contributed by atoms with Crippen molar-refractivity contribution in [2.24, 2.45) is 0 Å². The highest BCUT2D eigenvalue weighted by atomic mass is 35.5. The van der Waals surface area contributed by atoms with Crippen molar-refractivity contribution in [1.29, 1.82) is 0 Å². The van der Waals surface area contributed by atoms with Crippen molar-refractivity contribution in [3.8, 4) is 17.3 Å². The van der Waals surface area contributed by atoms with Crippen LogP contribution in [0.2, 0.25) is 10.0 Å². The molecule has 5 nitrogen and oxygen atoms in total. The quantitative estimate of drug-likeness (QED) is 0.722. The molecule has 0 spiro atoms. The van der Waals surface area contributed by atoms with Crippen molar-refractivity contribution in [2.45, 2.75) is 6.61 Å². The van der Waals surface area contributed by atoms with Gasteiger partial charge in [-0.2, -0.15) is 4.98 Å². The fourth-order valence-corrected chi connectivity index (χ4v) is 1.82. The minimum absolute atomic E-state index is 0.131. The third-order valence-electron chi connectivity index (χ3n) is 2.46. The summed E-state index contributed by atoms with van der Waals surface area (Å²) in [6.07, 6.45) is 1.54. The zero-order valence-electron chi connectivity index (χ0n) is 10.0. The topological polar surface area (TPSA) is 61.3 Å². The van der Waals surface area contributed by atoms with Crippen LogP contribution in [0.15, 0.2) is 45.5 Å². The van der Waals surface area contributed by atoms with Crippen LogP contribution in [0.5, 0.6) is 5.75 Å². The maximum Gasteiger partial charge on any atom is 0.264 e. The largest absolute Gasteiger partial charge is 0.484 e. The van der Waals surface area contributed by atoms with Crippen molar-refractivity contribution < 1.29 is 13.7 Å². The Labute approximate surface area is 124 Å². The van der Waals surface area contributed by atoms with E-state index in [1.807, 2.05) is 0 Å². The number of hydrogen-bond donors (Lipinski definition) is 0. The van der Waals surface area contributed by atoms with Crippen molar-refractivity contribution >= 4 is 23.2 Å². The lowest BCUT2D eigenvalue weighted by molar-refractivity contribution is 0.243. The normalized spacial score (nSPS) is 10.7. The molecule has 1 aromatic carbocycles. The average molecular weight is 311 g/mol. The number of benzene rings is 1. The highest BCUT2D eigenvalue weighted by molar-refractivity contribution is 6.42. The Bertz CT molecular complexity index is 710. The van der Waals surface area contributed by atoms with Crippen molar-refractivity contribution in [2.75, 3.05) is 0 Å². The Morgan fingerprint density at radius 1 is 1.15 bits per heavy atom. The molecule has 102 valence electrons. The molecule has 0 amide bonds. The molecule has 7 heteroatoms. The maximum absolute atomic E-state index is 5.89. The molecule has 2 aromatic heterocycles. The first-order chi connectivity index (χ1) is 9.72. The molecule has 0 saturated heterocycles. The molecule has 0 fully saturated rings. The Hall–Kier alpha value is -1.98. The molecule has 0 atom stereocenters. The predicted molar refractivity (Wildman–Crippen MR) is 72.8 cm³/mol. The summed E-state index contributed by atoms with van der Waals surface area (Å²) in [6, 6.07) is 8.47. The van der Waals surface area contributed by atoms with Crippen LogP contribution in [-0.4, -0.2) is 10.1 Å². The summed E-state index contributed by atoms with van der Waals surface area (Å²) in [4.78, 5) is 4.15. The average Bonchev–Trinajstić information content (AvgIpc) is 3.09. The summed E-state index contributed by atoms with van der Waals surface area (Å²) in [5.41, 5.74) is 0.